The molecule has 3 aromatic rings. The Morgan fingerprint density at radius 1 is 0.862 bits per heavy atom. The molecule has 0 unspecified atom stereocenters. The maximum Gasteiger partial charge on any atom is 0.261 e. The number of hydrogen-bond donors (Lipinski definition) is 2. The molecule has 0 aliphatic heterocycles. The predicted octanol–water partition coefficient (Wildman–Crippen LogP) is 5.08. The third-order valence-corrected chi connectivity index (χ3v) is 5.86. The van der Waals surface area contributed by atoms with E-state index in [2.05, 4.69) is 17.0 Å². The van der Waals surface area contributed by atoms with E-state index >= 15 is 0 Å². The first kappa shape index (κ1) is 20.6. The van der Waals surface area contributed by atoms with Crippen LogP contribution in [-0.2, 0) is 16.4 Å². The van der Waals surface area contributed by atoms with Crippen molar-refractivity contribution >= 4 is 27.3 Å². The van der Waals surface area contributed by atoms with Crippen LogP contribution >= 0.6 is 0 Å². The van der Waals surface area contributed by atoms with E-state index in [4.69, 9.17) is 0 Å². The Bertz CT molecular complexity index is 1060. The quantitative estimate of drug-likeness (QED) is 0.546. The Morgan fingerprint density at radius 2 is 1.59 bits per heavy atom. The van der Waals surface area contributed by atoms with Gasteiger partial charge in [0.2, 0.25) is 0 Å². The van der Waals surface area contributed by atoms with Gasteiger partial charge in [-0.2, -0.15) is 0 Å². The van der Waals surface area contributed by atoms with Crippen LogP contribution in [0.5, 0.6) is 0 Å². The van der Waals surface area contributed by atoms with Crippen LogP contribution in [0.1, 0.15) is 35.7 Å². The van der Waals surface area contributed by atoms with Gasteiger partial charge in [0, 0.05) is 16.9 Å². The van der Waals surface area contributed by atoms with Crippen LogP contribution in [0.25, 0.3) is 0 Å². The van der Waals surface area contributed by atoms with Crippen LogP contribution in [0.3, 0.4) is 0 Å². The minimum Gasteiger partial charge on any atom is -0.322 e. The zero-order valence-corrected chi connectivity index (χ0v) is 17.1. The van der Waals surface area contributed by atoms with Gasteiger partial charge in [-0.3, -0.25) is 9.52 Å². The second-order valence-electron chi connectivity index (χ2n) is 6.75. The average molecular weight is 409 g/mol. The summed E-state index contributed by atoms with van der Waals surface area (Å²) >= 11 is 0. The molecule has 0 fully saturated rings. The summed E-state index contributed by atoms with van der Waals surface area (Å²) in [7, 11) is -3.71. The Morgan fingerprint density at radius 3 is 2.28 bits per heavy atom. The van der Waals surface area contributed by atoms with Crippen molar-refractivity contribution in [3.05, 3.63) is 90.0 Å². The molecule has 6 heteroatoms. The fourth-order valence-corrected chi connectivity index (χ4v) is 3.95. The lowest BCUT2D eigenvalue weighted by Crippen LogP contribution is -2.15. The third-order valence-electron chi connectivity index (χ3n) is 4.46. The standard InChI is InChI=1S/C23H24N2O3S/c1-2-3-8-18-13-15-20(16-14-18)24-23(26)19-9-7-10-21(17-19)25-29(27,28)22-11-5-4-6-12-22/h4-7,9-17,25H,2-3,8H2,1H3,(H,24,26). The number of nitrogens with one attached hydrogen (secondary N) is 2. The first-order valence-corrected chi connectivity index (χ1v) is 11.0. The minimum absolute atomic E-state index is 0.165. The Labute approximate surface area is 171 Å². The highest BCUT2D eigenvalue weighted by atomic mass is 32.2. The van der Waals surface area contributed by atoms with Crippen molar-refractivity contribution in [3.63, 3.8) is 0 Å². The minimum atomic E-state index is -3.71. The molecule has 0 atom stereocenters. The molecular formula is C23H24N2O3S. The monoisotopic (exact) mass is 408 g/mol. The molecule has 0 heterocycles. The highest BCUT2D eigenvalue weighted by Crippen LogP contribution is 2.18. The summed E-state index contributed by atoms with van der Waals surface area (Å²) in [5.41, 5.74) is 2.64. The van der Waals surface area contributed by atoms with Crippen LogP contribution in [0.15, 0.2) is 83.8 Å². The fourth-order valence-electron chi connectivity index (χ4n) is 2.88. The molecule has 29 heavy (non-hydrogen) atoms. The van der Waals surface area contributed by atoms with Gasteiger partial charge in [-0.1, -0.05) is 49.7 Å². The Kier molecular flexibility index (Phi) is 6.67. The molecule has 5 nitrogen and oxygen atoms in total. The maximum absolute atomic E-state index is 12.6. The first-order chi connectivity index (χ1) is 14.0. The number of unbranched alkanes of at least 4 members (excludes halogenated alkanes) is 1. The van der Waals surface area contributed by atoms with Crippen molar-refractivity contribution in [3.8, 4) is 0 Å². The molecule has 0 aromatic heterocycles. The van der Waals surface area contributed by atoms with Gasteiger partial charge in [0.15, 0.2) is 0 Å². The number of hydrogen-bond acceptors (Lipinski definition) is 3. The lowest BCUT2D eigenvalue weighted by atomic mass is 10.1. The summed E-state index contributed by atoms with van der Waals surface area (Å²) in [6.07, 6.45) is 3.30. The largest absolute Gasteiger partial charge is 0.322 e. The Hall–Kier alpha value is -3.12. The molecule has 0 radical (unpaired) electrons. The molecule has 150 valence electrons. The van der Waals surface area contributed by atoms with Crippen LogP contribution in [0, 0.1) is 0 Å². The maximum atomic E-state index is 12.6. The van der Waals surface area contributed by atoms with Gasteiger partial charge in [-0.25, -0.2) is 8.42 Å². The second kappa shape index (κ2) is 9.39. The summed E-state index contributed by atoms with van der Waals surface area (Å²) in [5, 5.41) is 2.85. The third kappa shape index (κ3) is 5.68. The topological polar surface area (TPSA) is 75.3 Å². The van der Waals surface area contributed by atoms with Gasteiger partial charge in [0.1, 0.15) is 0 Å². The van der Waals surface area contributed by atoms with Gasteiger partial charge in [-0.15, -0.1) is 0 Å². The van der Waals surface area contributed by atoms with Crippen LogP contribution in [0.2, 0.25) is 0 Å². The van der Waals surface area contributed by atoms with Crippen LogP contribution < -0.4 is 10.0 Å². The van der Waals surface area contributed by atoms with Crippen molar-refractivity contribution in [2.24, 2.45) is 0 Å². The normalized spacial score (nSPS) is 11.1. The van der Waals surface area contributed by atoms with Crippen LogP contribution in [-0.4, -0.2) is 14.3 Å². The van der Waals surface area contributed by atoms with Crippen molar-refractivity contribution in [1.29, 1.82) is 0 Å². The molecule has 1 amide bonds. The Balaban J connectivity index is 1.69. The van der Waals surface area contributed by atoms with Crippen molar-refractivity contribution < 1.29 is 13.2 Å². The molecule has 2 N–H and O–H groups in total. The predicted molar refractivity (Wildman–Crippen MR) is 117 cm³/mol. The molecule has 3 rings (SSSR count). The molecule has 0 aliphatic rings. The van der Waals surface area contributed by atoms with E-state index in [0.29, 0.717) is 16.9 Å². The number of amides is 1. The number of aryl methyl sites for hydroxylation is 1. The molecule has 0 spiro atoms. The van der Waals surface area contributed by atoms with Gasteiger partial charge in [0.25, 0.3) is 15.9 Å². The van der Waals surface area contributed by atoms with E-state index in [1.54, 1.807) is 36.4 Å². The van der Waals surface area contributed by atoms with E-state index in [1.165, 1.54) is 23.8 Å². The molecule has 0 bridgehead atoms. The van der Waals surface area contributed by atoms with Gasteiger partial charge >= 0.3 is 0 Å². The zero-order valence-electron chi connectivity index (χ0n) is 16.3. The number of rotatable bonds is 8. The molecule has 0 saturated heterocycles. The van der Waals surface area contributed by atoms with Crippen molar-refractivity contribution in [2.45, 2.75) is 31.1 Å². The number of anilines is 2. The summed E-state index contributed by atoms with van der Waals surface area (Å²) in [5.74, 6) is -0.299. The summed E-state index contributed by atoms with van der Waals surface area (Å²) < 4.78 is 27.5. The molecule has 0 saturated carbocycles. The summed E-state index contributed by atoms with van der Waals surface area (Å²) in [6.45, 7) is 2.16. The lowest BCUT2D eigenvalue weighted by Gasteiger charge is -2.10. The highest BCUT2D eigenvalue weighted by molar-refractivity contribution is 7.92. The molecule has 3 aromatic carbocycles. The van der Waals surface area contributed by atoms with Gasteiger partial charge < -0.3 is 5.32 Å². The van der Waals surface area contributed by atoms with E-state index in [9.17, 15) is 13.2 Å². The van der Waals surface area contributed by atoms with Gasteiger partial charge in [0.05, 0.1) is 4.90 Å². The molecule has 0 aliphatic carbocycles. The van der Waals surface area contributed by atoms with Crippen molar-refractivity contribution in [2.75, 3.05) is 10.0 Å². The van der Waals surface area contributed by atoms with E-state index < -0.39 is 10.0 Å². The van der Waals surface area contributed by atoms with Gasteiger partial charge in [-0.05, 0) is 60.9 Å². The number of carbonyl (C=O) groups excluding carboxylic acids is 1. The van der Waals surface area contributed by atoms with Crippen molar-refractivity contribution in [1.82, 2.24) is 0 Å². The number of benzene rings is 3. The van der Waals surface area contributed by atoms with E-state index in [-0.39, 0.29) is 10.8 Å². The van der Waals surface area contributed by atoms with E-state index in [0.717, 1.165) is 19.3 Å². The average Bonchev–Trinajstić information content (AvgIpc) is 2.74. The lowest BCUT2D eigenvalue weighted by molar-refractivity contribution is 0.102. The zero-order chi connectivity index (χ0) is 20.7. The van der Waals surface area contributed by atoms with E-state index in [1.807, 2.05) is 24.3 Å². The first-order valence-electron chi connectivity index (χ1n) is 9.56. The second-order valence-corrected chi connectivity index (χ2v) is 8.44. The fraction of sp³-hybridized carbons (Fsp3) is 0.174. The number of carbonyl (C=O) groups is 1. The number of sulfonamides is 1. The smallest absolute Gasteiger partial charge is 0.261 e. The molecular weight excluding hydrogens is 384 g/mol. The summed E-state index contributed by atoms with van der Waals surface area (Å²) in [6, 6.07) is 22.3. The highest BCUT2D eigenvalue weighted by Gasteiger charge is 2.14. The summed E-state index contributed by atoms with van der Waals surface area (Å²) in [4.78, 5) is 12.7. The van der Waals surface area contributed by atoms with Crippen LogP contribution in [0.4, 0.5) is 11.4 Å². The SMILES string of the molecule is CCCCc1ccc(NC(=O)c2cccc(NS(=O)(=O)c3ccccc3)c2)cc1.